The lowest BCUT2D eigenvalue weighted by molar-refractivity contribution is -0.291. The average Bonchev–Trinajstić information content (AvgIpc) is 3.50. The Labute approximate surface area is 201 Å². The molecule has 0 spiro atoms. The molecular formula is C28H42NO3Si. The molecule has 2 aromatic carbocycles. The third-order valence-electron chi connectivity index (χ3n) is 7.56. The third kappa shape index (κ3) is 4.92. The van der Waals surface area contributed by atoms with Gasteiger partial charge in [0.2, 0.25) is 0 Å². The lowest BCUT2D eigenvalue weighted by Crippen LogP contribution is -2.44. The molecule has 0 bridgehead atoms. The zero-order chi connectivity index (χ0) is 25.0. The van der Waals surface area contributed by atoms with Gasteiger partial charge in [-0.15, -0.1) is 10.3 Å². The van der Waals surface area contributed by atoms with E-state index in [1.165, 1.54) is 5.56 Å². The lowest BCUT2D eigenvalue weighted by atomic mass is 9.83. The first-order chi connectivity index (χ1) is 15.0. The van der Waals surface area contributed by atoms with Gasteiger partial charge < -0.3 is 9.53 Å². The highest BCUT2D eigenvalue weighted by Crippen LogP contribution is 2.56. The first-order valence-electron chi connectivity index (χ1n) is 12.1. The second kappa shape index (κ2) is 8.53. The van der Waals surface area contributed by atoms with Gasteiger partial charge in [-0.2, -0.15) is 0 Å². The Balaban J connectivity index is 2.03. The molecule has 4 nitrogen and oxygen atoms in total. The summed E-state index contributed by atoms with van der Waals surface area (Å²) in [7, 11) is -1.95. The molecule has 5 heteroatoms. The summed E-state index contributed by atoms with van der Waals surface area (Å²) in [6.07, 6.45) is 0.820. The number of hydrogen-bond acceptors (Lipinski definition) is 3. The molecule has 1 atom stereocenters. The molecule has 3 rings (SSSR count). The van der Waals surface area contributed by atoms with Crippen LogP contribution in [0.1, 0.15) is 88.4 Å². The normalized spacial score (nSPS) is 17.2. The highest BCUT2D eigenvalue weighted by atomic mass is 28.4. The summed E-state index contributed by atoms with van der Waals surface area (Å²) in [6.45, 7) is 21.1. The molecular weight excluding hydrogens is 426 g/mol. The predicted octanol–water partition coefficient (Wildman–Crippen LogP) is 7.20. The number of rotatable bonds is 6. The number of aryl methyl sites for hydroxylation is 2. The van der Waals surface area contributed by atoms with Crippen LogP contribution in [0.5, 0.6) is 5.75 Å². The van der Waals surface area contributed by atoms with Gasteiger partial charge in [-0.05, 0) is 87.8 Å². The molecule has 0 heterocycles. The van der Waals surface area contributed by atoms with Crippen LogP contribution in [-0.4, -0.2) is 24.0 Å². The number of hydroxylamine groups is 2. The van der Waals surface area contributed by atoms with Crippen LogP contribution < -0.4 is 4.43 Å². The van der Waals surface area contributed by atoms with E-state index in [-0.39, 0.29) is 10.5 Å². The monoisotopic (exact) mass is 468 g/mol. The number of benzene rings is 2. The van der Waals surface area contributed by atoms with Crippen LogP contribution in [-0.2, 0) is 10.6 Å². The predicted molar refractivity (Wildman–Crippen MR) is 137 cm³/mol. The highest BCUT2D eigenvalue weighted by Gasteiger charge is 2.49. The molecule has 33 heavy (non-hydrogen) atoms. The van der Waals surface area contributed by atoms with E-state index in [0.29, 0.717) is 5.56 Å². The van der Waals surface area contributed by atoms with Crippen molar-refractivity contribution in [3.8, 4) is 5.75 Å². The second-order valence-corrected chi connectivity index (χ2v) is 17.1. The smallest absolute Gasteiger partial charge is 0.250 e. The summed E-state index contributed by atoms with van der Waals surface area (Å²) < 4.78 is 6.70. The first-order valence-corrected chi connectivity index (χ1v) is 15.0. The van der Waals surface area contributed by atoms with Crippen molar-refractivity contribution < 1.29 is 14.7 Å². The van der Waals surface area contributed by atoms with E-state index in [2.05, 4.69) is 65.9 Å². The Bertz CT molecular complexity index is 990. The summed E-state index contributed by atoms with van der Waals surface area (Å²) in [5, 5.41) is 24.8. The number of aliphatic hydroxyl groups is 1. The maximum Gasteiger partial charge on any atom is 0.250 e. The van der Waals surface area contributed by atoms with Gasteiger partial charge in [0.25, 0.3) is 8.32 Å². The van der Waals surface area contributed by atoms with Crippen molar-refractivity contribution in [1.29, 1.82) is 0 Å². The van der Waals surface area contributed by atoms with Crippen LogP contribution in [0.25, 0.3) is 0 Å². The summed E-state index contributed by atoms with van der Waals surface area (Å²) in [6, 6.07) is 12.4. The van der Waals surface area contributed by atoms with E-state index >= 15 is 0 Å². The third-order valence-corrected chi connectivity index (χ3v) is 11.9. The van der Waals surface area contributed by atoms with E-state index in [1.807, 2.05) is 39.0 Å². The number of nitrogens with zero attached hydrogens (tertiary/aromatic N) is 1. The second-order valence-electron chi connectivity index (χ2n) is 12.3. The minimum atomic E-state index is -1.95. The maximum absolute atomic E-state index is 12.8. The van der Waals surface area contributed by atoms with Gasteiger partial charge in [-0.3, -0.25) is 0 Å². The number of hydrogen-bond donors (Lipinski definition) is 1. The standard InChI is InChI=1S/C28H42NO3Si/c1-19-17-21(18-20(2)24(19)32-33(9,10)27(6,7)8)28(15-16-28)23-14-12-11-13-22(23)25(30)29(31)26(3,4)5/h11-14,17-18,25,30H,15-16H2,1-10H3. The zero-order valence-corrected chi connectivity index (χ0v) is 23.2. The van der Waals surface area contributed by atoms with Gasteiger partial charge in [-0.1, -0.05) is 57.2 Å². The van der Waals surface area contributed by atoms with Crippen molar-refractivity contribution >= 4 is 8.32 Å². The van der Waals surface area contributed by atoms with Gasteiger partial charge >= 0.3 is 0 Å². The first kappa shape index (κ1) is 26.0. The Kier molecular flexibility index (Phi) is 6.71. The van der Waals surface area contributed by atoms with Crippen molar-refractivity contribution in [2.45, 2.75) is 104 Å². The Hall–Kier alpha value is -1.66. The van der Waals surface area contributed by atoms with E-state index in [1.54, 1.807) is 0 Å². The van der Waals surface area contributed by atoms with Gasteiger partial charge in [-0.25, -0.2) is 0 Å². The van der Waals surface area contributed by atoms with E-state index in [4.69, 9.17) is 4.43 Å². The maximum atomic E-state index is 12.8. The fraction of sp³-hybridized carbons (Fsp3) is 0.571. The van der Waals surface area contributed by atoms with Crippen molar-refractivity contribution in [3.05, 3.63) is 64.2 Å². The van der Waals surface area contributed by atoms with E-state index in [9.17, 15) is 10.3 Å². The molecule has 0 aromatic heterocycles. The fourth-order valence-corrected chi connectivity index (χ4v) is 5.42. The SMILES string of the molecule is Cc1cc(C2(c3ccccc3C(O)N([O])C(C)(C)C)CC2)cc(C)c1O[Si](C)(C)C(C)(C)C. The van der Waals surface area contributed by atoms with Crippen LogP contribution in [0.3, 0.4) is 0 Å². The summed E-state index contributed by atoms with van der Waals surface area (Å²) >= 11 is 0. The minimum Gasteiger partial charge on any atom is -0.543 e. The van der Waals surface area contributed by atoms with Crippen molar-refractivity contribution in [2.24, 2.45) is 0 Å². The number of aliphatic hydroxyl groups excluding tert-OH is 1. The van der Waals surface area contributed by atoms with Crippen molar-refractivity contribution in [3.63, 3.8) is 0 Å². The minimum absolute atomic E-state index is 0.134. The molecule has 0 amide bonds. The van der Waals surface area contributed by atoms with Crippen LogP contribution >= 0.6 is 0 Å². The highest BCUT2D eigenvalue weighted by molar-refractivity contribution is 6.74. The topological polar surface area (TPSA) is 52.6 Å². The Morgan fingerprint density at radius 3 is 1.97 bits per heavy atom. The van der Waals surface area contributed by atoms with E-state index < -0.39 is 20.1 Å². The molecule has 1 aliphatic rings. The average molecular weight is 469 g/mol. The zero-order valence-electron chi connectivity index (χ0n) is 22.2. The lowest BCUT2D eigenvalue weighted by Gasteiger charge is -2.37. The molecule has 0 aliphatic heterocycles. The molecule has 181 valence electrons. The van der Waals surface area contributed by atoms with Crippen LogP contribution in [0, 0.1) is 13.8 Å². The Morgan fingerprint density at radius 1 is 1.00 bits per heavy atom. The fourth-order valence-electron chi connectivity index (χ4n) is 4.29. The molecule has 1 radical (unpaired) electrons. The molecule has 1 fully saturated rings. The van der Waals surface area contributed by atoms with Gasteiger partial charge in [0, 0.05) is 16.5 Å². The molecule has 1 unspecified atom stereocenters. The summed E-state index contributed by atoms with van der Waals surface area (Å²) in [5.41, 5.74) is 4.46. The van der Waals surface area contributed by atoms with Crippen LogP contribution in [0.4, 0.5) is 0 Å². The van der Waals surface area contributed by atoms with Gasteiger partial charge in [0.05, 0.1) is 0 Å². The van der Waals surface area contributed by atoms with Crippen LogP contribution in [0.15, 0.2) is 36.4 Å². The largest absolute Gasteiger partial charge is 0.543 e. The summed E-state index contributed by atoms with van der Waals surface area (Å²) in [5.74, 6) is 1.01. The molecule has 1 aliphatic carbocycles. The quantitative estimate of drug-likeness (QED) is 0.277. The van der Waals surface area contributed by atoms with Crippen molar-refractivity contribution in [2.75, 3.05) is 0 Å². The van der Waals surface area contributed by atoms with Crippen LogP contribution in [0.2, 0.25) is 18.1 Å². The molecule has 0 saturated heterocycles. The van der Waals surface area contributed by atoms with Crippen molar-refractivity contribution in [1.82, 2.24) is 5.06 Å². The Morgan fingerprint density at radius 2 is 1.52 bits per heavy atom. The summed E-state index contributed by atoms with van der Waals surface area (Å²) in [4.78, 5) is 0. The van der Waals surface area contributed by atoms with Gasteiger partial charge in [0.1, 0.15) is 5.75 Å². The molecule has 2 aromatic rings. The molecule has 1 saturated carbocycles. The van der Waals surface area contributed by atoms with Gasteiger partial charge in [0.15, 0.2) is 6.23 Å². The molecule has 1 N–H and O–H groups in total. The van der Waals surface area contributed by atoms with E-state index in [0.717, 1.165) is 40.3 Å².